The van der Waals surface area contributed by atoms with Crippen LogP contribution in [-0.4, -0.2) is 11.8 Å². The van der Waals surface area contributed by atoms with Gasteiger partial charge in [0.05, 0.1) is 0 Å². The third kappa shape index (κ3) is 3.88. The number of hydrogen-bond acceptors (Lipinski definition) is 2. The maximum absolute atomic E-state index is 10.4. The Balaban J connectivity index is 3.49. The molecule has 4 N–H and O–H groups in total. The third-order valence-corrected chi connectivity index (χ3v) is 1.12. The molecule has 0 aromatic rings. The minimum atomic E-state index is -0.451. The van der Waals surface area contributed by atoms with Crippen LogP contribution in [0.3, 0.4) is 0 Å². The zero-order valence-corrected chi connectivity index (χ0v) is 5.83. The summed E-state index contributed by atoms with van der Waals surface area (Å²) in [6, 6.07) is 0. The average molecular weight is 143 g/mol. The fourth-order valence-corrected chi connectivity index (χ4v) is 0.409. The van der Waals surface area contributed by atoms with Crippen molar-refractivity contribution in [1.82, 2.24) is 0 Å². The van der Waals surface area contributed by atoms with Gasteiger partial charge in [0.1, 0.15) is 0 Å². The first-order valence-corrected chi connectivity index (χ1v) is 2.95. The number of primary amides is 2. The Hall–Kier alpha value is -1.06. The van der Waals surface area contributed by atoms with Crippen LogP contribution in [0.25, 0.3) is 0 Å². The normalized spacial score (nSPS) is 12.5. The van der Waals surface area contributed by atoms with Gasteiger partial charge in [-0.2, -0.15) is 0 Å². The van der Waals surface area contributed by atoms with Gasteiger partial charge in [-0.15, -0.1) is 0 Å². The van der Waals surface area contributed by atoms with Gasteiger partial charge in [0.25, 0.3) is 0 Å². The third-order valence-electron chi connectivity index (χ3n) is 1.12. The second kappa shape index (κ2) is 3.87. The maximum Gasteiger partial charge on any atom is 0.220 e. The van der Waals surface area contributed by atoms with Crippen LogP contribution >= 0.6 is 0 Å². The second-order valence-electron chi connectivity index (χ2n) is 2.10. The lowest BCUT2D eigenvalue weighted by Crippen LogP contribution is -2.23. The van der Waals surface area contributed by atoms with E-state index in [4.69, 9.17) is 11.5 Å². The zero-order valence-electron chi connectivity index (χ0n) is 5.83. The molecule has 1 unspecified atom stereocenters. The summed E-state index contributed by atoms with van der Waals surface area (Å²) in [6.07, 6.45) is 1.59. The van der Waals surface area contributed by atoms with Crippen molar-refractivity contribution < 1.29 is 9.59 Å². The highest BCUT2D eigenvalue weighted by Crippen LogP contribution is 2.01. The number of carbonyl (C=O) groups is 2. The van der Waals surface area contributed by atoms with Gasteiger partial charge in [0.2, 0.25) is 11.8 Å². The van der Waals surface area contributed by atoms with E-state index in [0.717, 1.165) is 0 Å². The van der Waals surface area contributed by atoms with E-state index < -0.39 is 11.8 Å². The minimum absolute atomic E-state index is 0.101. The summed E-state index contributed by atoms with van der Waals surface area (Å²) in [4.78, 5) is 20.5. The molecule has 0 heterocycles. The summed E-state index contributed by atoms with van der Waals surface area (Å²) in [5.41, 5.74) is 9.72. The van der Waals surface area contributed by atoms with E-state index in [9.17, 15) is 9.59 Å². The van der Waals surface area contributed by atoms with E-state index in [1.807, 2.05) is 0 Å². The van der Waals surface area contributed by atoms with E-state index in [-0.39, 0.29) is 12.3 Å². The molecule has 10 heavy (non-hydrogen) atoms. The van der Waals surface area contributed by atoms with Crippen molar-refractivity contribution in [1.29, 1.82) is 0 Å². The molecule has 0 saturated heterocycles. The Kier molecular flexibility index (Phi) is 3.46. The molecule has 0 aliphatic heterocycles. The fraction of sp³-hybridized carbons (Fsp3) is 0.500. The molecular formula is C6H11N2O2. The van der Waals surface area contributed by atoms with Crippen molar-refractivity contribution in [3.8, 4) is 0 Å². The molecule has 0 spiro atoms. The smallest absolute Gasteiger partial charge is 0.220 e. The molecule has 0 rings (SSSR count). The van der Waals surface area contributed by atoms with Crippen LogP contribution in [0.15, 0.2) is 0 Å². The lowest BCUT2D eigenvalue weighted by molar-refractivity contribution is -0.120. The number of amides is 2. The largest absolute Gasteiger partial charge is 0.370 e. The van der Waals surface area contributed by atoms with Crippen molar-refractivity contribution in [3.63, 3.8) is 0 Å². The zero-order chi connectivity index (χ0) is 8.15. The monoisotopic (exact) mass is 143 g/mol. The van der Waals surface area contributed by atoms with Gasteiger partial charge in [-0.25, -0.2) is 0 Å². The molecule has 0 aromatic heterocycles. The SMILES string of the molecule is CC([CH]CC(N)=O)C(N)=O. The van der Waals surface area contributed by atoms with Gasteiger partial charge in [-0.05, 0) is 6.42 Å². The summed E-state index contributed by atoms with van der Waals surface area (Å²) in [7, 11) is 0. The number of hydrogen-bond donors (Lipinski definition) is 2. The van der Waals surface area contributed by atoms with Gasteiger partial charge < -0.3 is 11.5 Å². The van der Waals surface area contributed by atoms with Crippen molar-refractivity contribution in [2.45, 2.75) is 13.3 Å². The van der Waals surface area contributed by atoms with Gasteiger partial charge in [0.15, 0.2) is 0 Å². The maximum atomic E-state index is 10.4. The van der Waals surface area contributed by atoms with E-state index in [2.05, 4.69) is 0 Å². The molecule has 1 atom stereocenters. The fourth-order valence-electron chi connectivity index (χ4n) is 0.409. The topological polar surface area (TPSA) is 86.2 Å². The minimum Gasteiger partial charge on any atom is -0.370 e. The summed E-state index contributed by atoms with van der Waals surface area (Å²) in [5, 5.41) is 0. The molecule has 0 aliphatic rings. The Bertz CT molecular complexity index is 145. The summed E-state index contributed by atoms with van der Waals surface area (Å²) < 4.78 is 0. The van der Waals surface area contributed by atoms with E-state index in [1.165, 1.54) is 6.42 Å². The number of nitrogens with two attached hydrogens (primary N) is 2. The van der Waals surface area contributed by atoms with E-state index in [1.54, 1.807) is 6.92 Å². The van der Waals surface area contributed by atoms with Gasteiger partial charge in [-0.1, -0.05) is 6.92 Å². The van der Waals surface area contributed by atoms with Crippen LogP contribution in [0.2, 0.25) is 0 Å². The molecule has 2 amide bonds. The Labute approximate surface area is 59.6 Å². The highest BCUT2D eigenvalue weighted by molar-refractivity contribution is 5.80. The summed E-state index contributed by atoms with van der Waals surface area (Å²) >= 11 is 0. The quantitative estimate of drug-likeness (QED) is 0.539. The summed E-state index contributed by atoms with van der Waals surface area (Å²) in [6.45, 7) is 1.62. The highest BCUT2D eigenvalue weighted by atomic mass is 16.1. The molecule has 0 fully saturated rings. The number of rotatable bonds is 4. The molecule has 4 heteroatoms. The Morgan fingerprint density at radius 2 is 2.00 bits per heavy atom. The van der Waals surface area contributed by atoms with E-state index in [0.29, 0.717) is 0 Å². The van der Waals surface area contributed by atoms with E-state index >= 15 is 0 Å². The first-order chi connectivity index (χ1) is 4.54. The Morgan fingerprint density at radius 3 is 2.30 bits per heavy atom. The lowest BCUT2D eigenvalue weighted by atomic mass is 10.1. The first kappa shape index (κ1) is 8.94. The van der Waals surface area contributed by atoms with Crippen molar-refractivity contribution in [2.24, 2.45) is 17.4 Å². The molecule has 4 nitrogen and oxygen atoms in total. The van der Waals surface area contributed by atoms with Crippen LogP contribution in [0, 0.1) is 12.3 Å². The van der Waals surface area contributed by atoms with Crippen molar-refractivity contribution in [2.75, 3.05) is 0 Å². The van der Waals surface area contributed by atoms with Crippen LogP contribution in [0.4, 0.5) is 0 Å². The summed E-state index contributed by atoms with van der Waals surface area (Å²) in [5.74, 6) is -1.28. The molecule has 0 aromatic carbocycles. The molecule has 1 radical (unpaired) electrons. The number of carbonyl (C=O) groups excluding carboxylic acids is 2. The second-order valence-corrected chi connectivity index (χ2v) is 2.10. The van der Waals surface area contributed by atoms with Crippen LogP contribution < -0.4 is 11.5 Å². The highest BCUT2D eigenvalue weighted by Gasteiger charge is 2.09. The van der Waals surface area contributed by atoms with Crippen LogP contribution in [0.1, 0.15) is 13.3 Å². The van der Waals surface area contributed by atoms with Crippen molar-refractivity contribution in [3.05, 3.63) is 6.42 Å². The predicted octanol–water partition coefficient (Wildman–Crippen LogP) is -0.813. The first-order valence-electron chi connectivity index (χ1n) is 2.95. The van der Waals surface area contributed by atoms with Crippen molar-refractivity contribution >= 4 is 11.8 Å². The molecule has 57 valence electrons. The molecular weight excluding hydrogens is 132 g/mol. The molecule has 0 aliphatic carbocycles. The lowest BCUT2D eigenvalue weighted by Gasteiger charge is -2.02. The predicted molar refractivity (Wildman–Crippen MR) is 36.5 cm³/mol. The van der Waals surface area contributed by atoms with Gasteiger partial charge in [0, 0.05) is 12.3 Å². The standard InChI is InChI=1S/C6H11N2O2/c1-4(6(8)10)2-3-5(7)9/h2,4H,3H2,1H3,(H2,7,9)(H2,8,10). The average Bonchev–Trinajstić information content (AvgIpc) is 1.82. The van der Waals surface area contributed by atoms with Crippen LogP contribution in [-0.2, 0) is 9.59 Å². The molecule has 0 bridgehead atoms. The molecule has 0 saturated carbocycles. The van der Waals surface area contributed by atoms with Gasteiger partial charge >= 0.3 is 0 Å². The van der Waals surface area contributed by atoms with Gasteiger partial charge in [-0.3, -0.25) is 9.59 Å². The Morgan fingerprint density at radius 1 is 1.50 bits per heavy atom. The van der Waals surface area contributed by atoms with Crippen LogP contribution in [0.5, 0.6) is 0 Å².